The molecule has 0 aliphatic carbocycles. The molecule has 1 aromatic carbocycles. The van der Waals surface area contributed by atoms with Crippen molar-refractivity contribution in [1.29, 1.82) is 0 Å². The molecule has 0 saturated carbocycles. The molecule has 0 radical (unpaired) electrons. The number of fused-ring (bicyclic) bond motifs is 1. The van der Waals surface area contributed by atoms with Crippen molar-refractivity contribution >= 4 is 11.6 Å². The number of aliphatic hydroxyl groups excluding tert-OH is 1. The van der Waals surface area contributed by atoms with Crippen LogP contribution >= 0.6 is 0 Å². The second-order valence-electron chi connectivity index (χ2n) is 4.97. The molecular formula is C15H22N2O4. The van der Waals surface area contributed by atoms with Crippen LogP contribution in [0.1, 0.15) is 6.42 Å². The number of ether oxygens (including phenoxy) is 2. The molecule has 1 heterocycles. The van der Waals surface area contributed by atoms with Crippen molar-refractivity contribution in [3.05, 3.63) is 24.3 Å². The third-order valence-electron chi connectivity index (χ3n) is 3.31. The summed E-state index contributed by atoms with van der Waals surface area (Å²) < 4.78 is 10.6. The van der Waals surface area contributed by atoms with Gasteiger partial charge in [-0.3, -0.25) is 4.79 Å². The Labute approximate surface area is 124 Å². The van der Waals surface area contributed by atoms with E-state index in [4.69, 9.17) is 9.47 Å². The lowest BCUT2D eigenvalue weighted by atomic mass is 10.2. The Balaban J connectivity index is 1.94. The molecule has 1 aliphatic heterocycles. The van der Waals surface area contributed by atoms with Gasteiger partial charge in [0, 0.05) is 20.3 Å². The topological polar surface area (TPSA) is 71.0 Å². The lowest BCUT2D eigenvalue weighted by molar-refractivity contribution is -0.119. The number of carbonyl (C=O) groups excluding carboxylic acids is 1. The minimum Gasteiger partial charge on any atom is -0.484 e. The van der Waals surface area contributed by atoms with Crippen LogP contribution in [0, 0.1) is 0 Å². The van der Waals surface area contributed by atoms with Gasteiger partial charge in [-0.1, -0.05) is 12.1 Å². The van der Waals surface area contributed by atoms with Crippen molar-refractivity contribution in [3.8, 4) is 5.75 Å². The van der Waals surface area contributed by atoms with Crippen LogP contribution in [-0.2, 0) is 9.53 Å². The number of aliphatic hydroxyl groups is 1. The Hall–Kier alpha value is -1.79. The second kappa shape index (κ2) is 7.85. The van der Waals surface area contributed by atoms with Gasteiger partial charge in [0.25, 0.3) is 0 Å². The number of para-hydroxylation sites is 2. The molecule has 1 atom stereocenters. The molecule has 1 aromatic rings. The normalized spacial score (nSPS) is 17.0. The van der Waals surface area contributed by atoms with Gasteiger partial charge in [-0.05, 0) is 18.6 Å². The van der Waals surface area contributed by atoms with E-state index in [9.17, 15) is 9.90 Å². The van der Waals surface area contributed by atoms with E-state index in [-0.39, 0.29) is 25.2 Å². The van der Waals surface area contributed by atoms with E-state index in [1.807, 2.05) is 29.2 Å². The number of carbonyl (C=O) groups is 1. The highest BCUT2D eigenvalue weighted by atomic mass is 16.5. The maximum atomic E-state index is 12.0. The fourth-order valence-corrected chi connectivity index (χ4v) is 2.30. The SMILES string of the molecule is COCCCNC(=O)CN1CC(CO)Oc2ccccc21. The molecule has 116 valence electrons. The summed E-state index contributed by atoms with van der Waals surface area (Å²) >= 11 is 0. The third-order valence-corrected chi connectivity index (χ3v) is 3.31. The molecule has 1 unspecified atom stereocenters. The Morgan fingerprint density at radius 1 is 1.52 bits per heavy atom. The largest absolute Gasteiger partial charge is 0.484 e. The first-order chi connectivity index (χ1) is 10.2. The molecule has 6 heteroatoms. The molecule has 0 saturated heterocycles. The zero-order valence-electron chi connectivity index (χ0n) is 12.2. The average molecular weight is 294 g/mol. The quantitative estimate of drug-likeness (QED) is 0.712. The van der Waals surface area contributed by atoms with Gasteiger partial charge in [-0.2, -0.15) is 0 Å². The van der Waals surface area contributed by atoms with Crippen LogP contribution < -0.4 is 15.0 Å². The summed E-state index contributed by atoms with van der Waals surface area (Å²) in [5.41, 5.74) is 0.884. The number of benzene rings is 1. The third kappa shape index (κ3) is 4.34. The molecular weight excluding hydrogens is 272 g/mol. The summed E-state index contributed by atoms with van der Waals surface area (Å²) in [6, 6.07) is 7.55. The first kappa shape index (κ1) is 15.6. The Kier molecular flexibility index (Phi) is 5.83. The highest BCUT2D eigenvalue weighted by Crippen LogP contribution is 2.32. The van der Waals surface area contributed by atoms with E-state index >= 15 is 0 Å². The van der Waals surface area contributed by atoms with Crippen molar-refractivity contribution in [2.45, 2.75) is 12.5 Å². The molecule has 2 N–H and O–H groups in total. The zero-order valence-corrected chi connectivity index (χ0v) is 12.2. The standard InChI is InChI=1S/C15H22N2O4/c1-20-8-4-7-16-15(19)10-17-9-12(11-18)21-14-6-3-2-5-13(14)17/h2-3,5-6,12,18H,4,7-11H2,1H3,(H,16,19). The summed E-state index contributed by atoms with van der Waals surface area (Å²) in [5.74, 6) is 0.662. The average Bonchev–Trinajstić information content (AvgIpc) is 2.51. The summed E-state index contributed by atoms with van der Waals surface area (Å²) in [6.07, 6.45) is 0.488. The minimum atomic E-state index is -0.304. The van der Waals surface area contributed by atoms with Gasteiger partial charge in [-0.25, -0.2) is 0 Å². The predicted octanol–water partition coefficient (Wildman–Crippen LogP) is 0.399. The van der Waals surface area contributed by atoms with Crippen LogP contribution in [-0.4, -0.2) is 57.1 Å². The van der Waals surface area contributed by atoms with Crippen molar-refractivity contribution in [3.63, 3.8) is 0 Å². The number of amides is 1. The number of hydrogen-bond donors (Lipinski definition) is 2. The molecule has 1 aliphatic rings. The number of methoxy groups -OCH3 is 1. The van der Waals surface area contributed by atoms with E-state index in [1.165, 1.54) is 0 Å². The van der Waals surface area contributed by atoms with Crippen LogP contribution in [0.5, 0.6) is 5.75 Å². The lowest BCUT2D eigenvalue weighted by Gasteiger charge is -2.35. The van der Waals surface area contributed by atoms with E-state index < -0.39 is 0 Å². The van der Waals surface area contributed by atoms with Gasteiger partial charge >= 0.3 is 0 Å². The highest BCUT2D eigenvalue weighted by Gasteiger charge is 2.26. The van der Waals surface area contributed by atoms with Gasteiger partial charge in [0.15, 0.2) is 0 Å². The Bertz CT molecular complexity index is 467. The number of nitrogens with one attached hydrogen (secondary N) is 1. The molecule has 2 rings (SSSR count). The van der Waals surface area contributed by atoms with Crippen molar-refractivity contribution < 1.29 is 19.4 Å². The van der Waals surface area contributed by atoms with Crippen LogP contribution in [0.25, 0.3) is 0 Å². The summed E-state index contributed by atoms with van der Waals surface area (Å²) in [4.78, 5) is 13.9. The van der Waals surface area contributed by atoms with E-state index in [0.29, 0.717) is 25.4 Å². The van der Waals surface area contributed by atoms with Gasteiger partial charge in [0.2, 0.25) is 5.91 Å². The molecule has 0 aromatic heterocycles. The molecule has 6 nitrogen and oxygen atoms in total. The number of hydrogen-bond acceptors (Lipinski definition) is 5. The van der Waals surface area contributed by atoms with Gasteiger partial charge in [0.1, 0.15) is 11.9 Å². The van der Waals surface area contributed by atoms with E-state index in [2.05, 4.69) is 5.32 Å². The van der Waals surface area contributed by atoms with Crippen molar-refractivity contribution in [1.82, 2.24) is 5.32 Å². The fraction of sp³-hybridized carbons (Fsp3) is 0.533. The van der Waals surface area contributed by atoms with Crippen molar-refractivity contribution in [2.24, 2.45) is 0 Å². The van der Waals surface area contributed by atoms with E-state index in [0.717, 1.165) is 12.1 Å². The van der Waals surface area contributed by atoms with Crippen LogP contribution in [0.4, 0.5) is 5.69 Å². The first-order valence-electron chi connectivity index (χ1n) is 7.11. The summed E-state index contributed by atoms with van der Waals surface area (Å²) in [6.45, 7) is 1.92. The number of anilines is 1. The van der Waals surface area contributed by atoms with Crippen LogP contribution in [0.15, 0.2) is 24.3 Å². The molecule has 0 bridgehead atoms. The fourth-order valence-electron chi connectivity index (χ4n) is 2.30. The highest BCUT2D eigenvalue weighted by molar-refractivity contribution is 5.82. The maximum Gasteiger partial charge on any atom is 0.239 e. The van der Waals surface area contributed by atoms with Gasteiger partial charge < -0.3 is 24.8 Å². The minimum absolute atomic E-state index is 0.0421. The van der Waals surface area contributed by atoms with Crippen LogP contribution in [0.3, 0.4) is 0 Å². The molecule has 1 amide bonds. The maximum absolute atomic E-state index is 12.0. The van der Waals surface area contributed by atoms with Gasteiger partial charge in [0.05, 0.1) is 25.4 Å². The summed E-state index contributed by atoms with van der Waals surface area (Å²) in [7, 11) is 1.64. The van der Waals surface area contributed by atoms with Crippen molar-refractivity contribution in [2.75, 3.05) is 44.9 Å². The summed E-state index contributed by atoms with van der Waals surface area (Å²) in [5, 5.41) is 12.2. The molecule has 0 spiro atoms. The molecule has 0 fully saturated rings. The van der Waals surface area contributed by atoms with Crippen LogP contribution in [0.2, 0.25) is 0 Å². The first-order valence-corrected chi connectivity index (χ1v) is 7.11. The Morgan fingerprint density at radius 3 is 3.10 bits per heavy atom. The smallest absolute Gasteiger partial charge is 0.239 e. The predicted molar refractivity (Wildman–Crippen MR) is 79.7 cm³/mol. The zero-order chi connectivity index (χ0) is 15.1. The second-order valence-corrected chi connectivity index (χ2v) is 4.97. The monoisotopic (exact) mass is 294 g/mol. The van der Waals surface area contributed by atoms with Gasteiger partial charge in [-0.15, -0.1) is 0 Å². The number of nitrogens with zero attached hydrogens (tertiary/aromatic N) is 1. The number of rotatable bonds is 7. The molecule has 21 heavy (non-hydrogen) atoms. The van der Waals surface area contributed by atoms with E-state index in [1.54, 1.807) is 7.11 Å². The lowest BCUT2D eigenvalue weighted by Crippen LogP contribution is -2.46. The Morgan fingerprint density at radius 2 is 2.33 bits per heavy atom.